The minimum atomic E-state index is -0.287. The third-order valence-electron chi connectivity index (χ3n) is 3.44. The molecule has 0 atom stereocenters. The van der Waals surface area contributed by atoms with Gasteiger partial charge in [-0.1, -0.05) is 26.0 Å². The standard InChI is InChI=1S/C16H22FNO/c1-12(2)11-18-8-6-13(7-9-18)14-4-5-16(19-3)15(17)10-14/h4-6,10,12H,7-9,11H2,1-3H3. The van der Waals surface area contributed by atoms with E-state index >= 15 is 0 Å². The number of nitrogens with zero attached hydrogens (tertiary/aromatic N) is 1. The van der Waals surface area contributed by atoms with Gasteiger partial charge in [-0.3, -0.25) is 4.90 Å². The van der Waals surface area contributed by atoms with Crippen molar-refractivity contribution in [1.82, 2.24) is 4.90 Å². The first kappa shape index (κ1) is 14.1. The lowest BCUT2D eigenvalue weighted by atomic mass is 9.98. The van der Waals surface area contributed by atoms with E-state index in [0.29, 0.717) is 11.7 Å². The van der Waals surface area contributed by atoms with Crippen molar-refractivity contribution in [2.24, 2.45) is 5.92 Å². The fourth-order valence-corrected chi connectivity index (χ4v) is 2.52. The van der Waals surface area contributed by atoms with Crippen LogP contribution in [0.2, 0.25) is 0 Å². The smallest absolute Gasteiger partial charge is 0.165 e. The fraction of sp³-hybridized carbons (Fsp3) is 0.500. The van der Waals surface area contributed by atoms with Crippen LogP contribution in [0.1, 0.15) is 25.8 Å². The number of halogens is 1. The summed E-state index contributed by atoms with van der Waals surface area (Å²) in [6, 6.07) is 5.21. The van der Waals surface area contributed by atoms with Crippen LogP contribution >= 0.6 is 0 Å². The maximum absolute atomic E-state index is 13.7. The van der Waals surface area contributed by atoms with Crippen LogP contribution in [-0.2, 0) is 0 Å². The van der Waals surface area contributed by atoms with Crippen molar-refractivity contribution in [3.8, 4) is 5.75 Å². The largest absolute Gasteiger partial charge is 0.494 e. The van der Waals surface area contributed by atoms with Gasteiger partial charge in [-0.25, -0.2) is 4.39 Å². The summed E-state index contributed by atoms with van der Waals surface area (Å²) in [5.74, 6) is 0.709. The minimum absolute atomic E-state index is 0.287. The summed E-state index contributed by atoms with van der Waals surface area (Å²) < 4.78 is 18.6. The summed E-state index contributed by atoms with van der Waals surface area (Å²) in [5, 5.41) is 0. The van der Waals surface area contributed by atoms with Crippen molar-refractivity contribution >= 4 is 5.57 Å². The Bertz CT molecular complexity index is 468. The molecule has 19 heavy (non-hydrogen) atoms. The van der Waals surface area contributed by atoms with Gasteiger partial charge in [0.1, 0.15) is 0 Å². The maximum atomic E-state index is 13.7. The molecule has 0 radical (unpaired) electrons. The molecule has 0 amide bonds. The van der Waals surface area contributed by atoms with Crippen LogP contribution in [0.4, 0.5) is 4.39 Å². The Morgan fingerprint density at radius 1 is 1.37 bits per heavy atom. The van der Waals surface area contributed by atoms with Crippen LogP contribution in [0.15, 0.2) is 24.3 Å². The monoisotopic (exact) mass is 263 g/mol. The Morgan fingerprint density at radius 3 is 2.68 bits per heavy atom. The molecule has 2 nitrogen and oxygen atoms in total. The number of benzene rings is 1. The lowest BCUT2D eigenvalue weighted by Gasteiger charge is -2.27. The average molecular weight is 263 g/mol. The van der Waals surface area contributed by atoms with Crippen LogP contribution in [0.3, 0.4) is 0 Å². The molecule has 0 fully saturated rings. The van der Waals surface area contributed by atoms with Crippen molar-refractivity contribution in [3.63, 3.8) is 0 Å². The molecule has 1 heterocycles. The van der Waals surface area contributed by atoms with E-state index in [1.54, 1.807) is 12.1 Å². The third kappa shape index (κ3) is 3.57. The first-order valence-corrected chi connectivity index (χ1v) is 6.85. The first-order valence-electron chi connectivity index (χ1n) is 6.85. The van der Waals surface area contributed by atoms with Gasteiger partial charge < -0.3 is 4.74 Å². The number of ether oxygens (including phenoxy) is 1. The summed E-state index contributed by atoms with van der Waals surface area (Å²) in [5.41, 5.74) is 2.21. The molecule has 3 heteroatoms. The van der Waals surface area contributed by atoms with Crippen LogP contribution in [0, 0.1) is 11.7 Å². The highest BCUT2D eigenvalue weighted by atomic mass is 19.1. The topological polar surface area (TPSA) is 12.5 Å². The zero-order chi connectivity index (χ0) is 13.8. The van der Waals surface area contributed by atoms with Gasteiger partial charge in [0.2, 0.25) is 0 Å². The van der Waals surface area contributed by atoms with Gasteiger partial charge in [-0.15, -0.1) is 0 Å². The van der Waals surface area contributed by atoms with Crippen molar-refractivity contribution in [3.05, 3.63) is 35.7 Å². The van der Waals surface area contributed by atoms with Gasteiger partial charge in [-0.05, 0) is 35.6 Å². The van der Waals surface area contributed by atoms with E-state index in [4.69, 9.17) is 4.74 Å². The van der Waals surface area contributed by atoms with E-state index in [1.165, 1.54) is 12.7 Å². The average Bonchev–Trinajstić information content (AvgIpc) is 2.39. The molecule has 104 valence electrons. The van der Waals surface area contributed by atoms with E-state index in [9.17, 15) is 4.39 Å². The Kier molecular flexibility index (Phi) is 4.59. The minimum Gasteiger partial charge on any atom is -0.494 e. The molecule has 1 aliphatic heterocycles. The van der Waals surface area contributed by atoms with Crippen molar-refractivity contribution in [2.75, 3.05) is 26.7 Å². The lowest BCUT2D eigenvalue weighted by Crippen LogP contribution is -2.31. The van der Waals surface area contributed by atoms with Crippen LogP contribution in [0.5, 0.6) is 5.75 Å². The highest BCUT2D eigenvalue weighted by Crippen LogP contribution is 2.26. The molecule has 1 aromatic carbocycles. The second kappa shape index (κ2) is 6.20. The maximum Gasteiger partial charge on any atom is 0.165 e. The van der Waals surface area contributed by atoms with Crippen LogP contribution < -0.4 is 4.74 Å². The Balaban J connectivity index is 2.07. The second-order valence-electron chi connectivity index (χ2n) is 5.48. The fourth-order valence-electron chi connectivity index (χ4n) is 2.52. The van der Waals surface area contributed by atoms with Crippen LogP contribution in [0.25, 0.3) is 5.57 Å². The summed E-state index contributed by atoms with van der Waals surface area (Å²) in [7, 11) is 1.49. The van der Waals surface area contributed by atoms with E-state index in [-0.39, 0.29) is 5.82 Å². The Morgan fingerprint density at radius 2 is 2.16 bits per heavy atom. The second-order valence-corrected chi connectivity index (χ2v) is 5.48. The van der Waals surface area contributed by atoms with E-state index in [2.05, 4.69) is 24.8 Å². The molecule has 1 aliphatic rings. The molecule has 0 unspecified atom stereocenters. The molecule has 0 saturated carbocycles. The highest BCUT2D eigenvalue weighted by molar-refractivity contribution is 5.67. The van der Waals surface area contributed by atoms with Crippen molar-refractivity contribution < 1.29 is 9.13 Å². The summed E-state index contributed by atoms with van der Waals surface area (Å²) in [6.07, 6.45) is 3.20. The van der Waals surface area contributed by atoms with Crippen molar-refractivity contribution in [2.45, 2.75) is 20.3 Å². The van der Waals surface area contributed by atoms with Gasteiger partial charge >= 0.3 is 0 Å². The molecule has 0 aliphatic carbocycles. The van der Waals surface area contributed by atoms with Gasteiger partial charge in [0, 0.05) is 19.6 Å². The molecule has 0 N–H and O–H groups in total. The van der Waals surface area contributed by atoms with Gasteiger partial charge in [0.05, 0.1) is 7.11 Å². The molecule has 0 aromatic heterocycles. The Labute approximate surface area is 114 Å². The predicted molar refractivity (Wildman–Crippen MR) is 76.8 cm³/mol. The zero-order valence-electron chi connectivity index (χ0n) is 11.9. The zero-order valence-corrected chi connectivity index (χ0v) is 11.9. The summed E-state index contributed by atoms with van der Waals surface area (Å²) in [6.45, 7) is 7.61. The number of hydrogen-bond acceptors (Lipinski definition) is 2. The van der Waals surface area contributed by atoms with Crippen LogP contribution in [-0.4, -0.2) is 31.6 Å². The quantitative estimate of drug-likeness (QED) is 0.823. The summed E-state index contributed by atoms with van der Waals surface area (Å²) in [4.78, 5) is 2.44. The number of methoxy groups -OCH3 is 1. The Hall–Kier alpha value is -1.35. The normalized spacial score (nSPS) is 16.6. The molecule has 0 spiro atoms. The molecule has 1 aromatic rings. The van der Waals surface area contributed by atoms with Gasteiger partial charge in [0.15, 0.2) is 11.6 Å². The first-order chi connectivity index (χ1) is 9.10. The number of rotatable bonds is 4. The number of hydrogen-bond donors (Lipinski definition) is 0. The molecule has 2 rings (SSSR count). The SMILES string of the molecule is COc1ccc(C2=CCN(CC(C)C)CC2)cc1F. The molecule has 0 bridgehead atoms. The van der Waals surface area contributed by atoms with Crippen molar-refractivity contribution in [1.29, 1.82) is 0 Å². The molecular formula is C16H22FNO. The van der Waals surface area contributed by atoms with Gasteiger partial charge in [-0.2, -0.15) is 0 Å². The van der Waals surface area contributed by atoms with E-state index < -0.39 is 0 Å². The molecule has 0 saturated heterocycles. The van der Waals surface area contributed by atoms with Gasteiger partial charge in [0.25, 0.3) is 0 Å². The molecular weight excluding hydrogens is 241 g/mol. The predicted octanol–water partition coefficient (Wildman–Crippen LogP) is 3.58. The lowest BCUT2D eigenvalue weighted by molar-refractivity contribution is 0.268. The highest BCUT2D eigenvalue weighted by Gasteiger charge is 2.14. The van der Waals surface area contributed by atoms with E-state index in [0.717, 1.165) is 31.6 Å². The third-order valence-corrected chi connectivity index (χ3v) is 3.44. The summed E-state index contributed by atoms with van der Waals surface area (Å²) >= 11 is 0. The van der Waals surface area contributed by atoms with E-state index in [1.807, 2.05) is 6.07 Å².